The van der Waals surface area contributed by atoms with Gasteiger partial charge in [0.1, 0.15) is 12.2 Å². The lowest BCUT2D eigenvalue weighted by atomic mass is 10.2. The molecule has 0 saturated heterocycles. The highest BCUT2D eigenvalue weighted by molar-refractivity contribution is 14.0. The minimum atomic E-state index is 0. The van der Waals surface area contributed by atoms with Gasteiger partial charge >= 0.3 is 0 Å². The van der Waals surface area contributed by atoms with Crippen LogP contribution in [0.4, 0.5) is 0 Å². The van der Waals surface area contributed by atoms with Crippen LogP contribution < -0.4 is 20.1 Å². The van der Waals surface area contributed by atoms with Gasteiger partial charge in [0.05, 0.1) is 19.8 Å². The predicted octanol–water partition coefficient (Wildman–Crippen LogP) is 3.54. The Kier molecular flexibility index (Phi) is 10.9. The molecule has 2 N–H and O–H groups in total. The highest BCUT2D eigenvalue weighted by Gasteiger charge is 2.18. The number of nitrogens with one attached hydrogen (secondary N) is 2. The fraction of sp³-hybridized carbons (Fsp3) is 0.591. The Hall–Kier alpha value is -2.04. The first-order valence-electron chi connectivity index (χ1n) is 11.0. The first-order chi connectivity index (χ1) is 14.7. The largest absolute Gasteiger partial charge is 0.493 e. The van der Waals surface area contributed by atoms with Gasteiger partial charge in [-0.15, -0.1) is 34.2 Å². The molecule has 172 valence electrons. The maximum atomic E-state index is 6.13. The lowest BCUT2D eigenvalue weighted by Gasteiger charge is -2.16. The van der Waals surface area contributed by atoms with Crippen LogP contribution in [0.3, 0.4) is 0 Å². The fourth-order valence-corrected chi connectivity index (χ4v) is 3.64. The van der Waals surface area contributed by atoms with E-state index in [9.17, 15) is 0 Å². The third kappa shape index (κ3) is 7.55. The Balaban J connectivity index is 0.00000341. The third-order valence-corrected chi connectivity index (χ3v) is 5.24. The van der Waals surface area contributed by atoms with E-state index in [1.165, 1.54) is 12.8 Å². The quantitative estimate of drug-likeness (QED) is 0.272. The van der Waals surface area contributed by atoms with Crippen LogP contribution in [-0.4, -0.2) is 47.0 Å². The van der Waals surface area contributed by atoms with E-state index >= 15 is 0 Å². The molecule has 1 aliphatic carbocycles. The van der Waals surface area contributed by atoms with E-state index in [-0.39, 0.29) is 24.0 Å². The summed E-state index contributed by atoms with van der Waals surface area (Å²) < 4.78 is 13.7. The van der Waals surface area contributed by atoms with Crippen molar-refractivity contribution in [3.8, 4) is 11.5 Å². The number of halogens is 1. The molecule has 1 aromatic heterocycles. The van der Waals surface area contributed by atoms with E-state index in [2.05, 4.69) is 45.3 Å². The topological polar surface area (TPSA) is 85.6 Å². The summed E-state index contributed by atoms with van der Waals surface area (Å²) >= 11 is 0. The van der Waals surface area contributed by atoms with E-state index in [0.29, 0.717) is 12.6 Å². The van der Waals surface area contributed by atoms with Crippen LogP contribution in [0.25, 0.3) is 0 Å². The molecule has 1 saturated carbocycles. The standard InChI is InChI=1S/C22H34N6O2.HI/c1-4-21-27-26-16-28(21)13-12-24-22(23-5-2)25-15-17-10-11-19(20(14-17)29-3)30-18-8-6-7-9-18;/h10-11,14,16,18H,4-9,12-13,15H2,1-3H3,(H2,23,24,25);1H. The van der Waals surface area contributed by atoms with Crippen LogP contribution in [0.2, 0.25) is 0 Å². The van der Waals surface area contributed by atoms with Gasteiger partial charge in [0, 0.05) is 26.1 Å². The molecule has 9 heteroatoms. The molecule has 0 radical (unpaired) electrons. The highest BCUT2D eigenvalue weighted by atomic mass is 127. The lowest BCUT2D eigenvalue weighted by Crippen LogP contribution is -2.38. The van der Waals surface area contributed by atoms with Crippen molar-refractivity contribution in [3.05, 3.63) is 35.9 Å². The summed E-state index contributed by atoms with van der Waals surface area (Å²) in [6, 6.07) is 6.08. The average molecular weight is 542 g/mol. The molecule has 0 bridgehead atoms. The maximum absolute atomic E-state index is 6.13. The lowest BCUT2D eigenvalue weighted by molar-refractivity contribution is 0.200. The molecule has 31 heavy (non-hydrogen) atoms. The second-order valence-corrected chi connectivity index (χ2v) is 7.43. The van der Waals surface area contributed by atoms with Gasteiger partial charge < -0.3 is 24.7 Å². The van der Waals surface area contributed by atoms with Crippen LogP contribution >= 0.6 is 24.0 Å². The maximum Gasteiger partial charge on any atom is 0.191 e. The molecular weight excluding hydrogens is 507 g/mol. The van der Waals surface area contributed by atoms with Gasteiger partial charge in [0.25, 0.3) is 0 Å². The van der Waals surface area contributed by atoms with Crippen molar-refractivity contribution in [2.75, 3.05) is 20.2 Å². The van der Waals surface area contributed by atoms with Crippen molar-refractivity contribution in [1.82, 2.24) is 25.4 Å². The molecular formula is C22H35IN6O2. The predicted molar refractivity (Wildman–Crippen MR) is 134 cm³/mol. The Labute approximate surface area is 202 Å². The molecule has 3 rings (SSSR count). The van der Waals surface area contributed by atoms with E-state index in [1.54, 1.807) is 13.4 Å². The molecule has 1 aromatic carbocycles. The second kappa shape index (κ2) is 13.4. The fourth-order valence-electron chi connectivity index (χ4n) is 3.64. The molecule has 1 aliphatic rings. The van der Waals surface area contributed by atoms with Crippen molar-refractivity contribution >= 4 is 29.9 Å². The minimum absolute atomic E-state index is 0. The van der Waals surface area contributed by atoms with E-state index < -0.39 is 0 Å². The Bertz CT molecular complexity index is 820. The van der Waals surface area contributed by atoms with Gasteiger partial charge in [-0.1, -0.05) is 13.0 Å². The van der Waals surface area contributed by atoms with Crippen LogP contribution in [0.15, 0.2) is 29.5 Å². The summed E-state index contributed by atoms with van der Waals surface area (Å²) in [5, 5.41) is 14.8. The number of guanidine groups is 1. The molecule has 0 atom stereocenters. The number of aromatic nitrogens is 3. The van der Waals surface area contributed by atoms with Crippen molar-refractivity contribution < 1.29 is 9.47 Å². The van der Waals surface area contributed by atoms with Gasteiger partial charge in [-0.25, -0.2) is 4.99 Å². The first-order valence-corrected chi connectivity index (χ1v) is 11.0. The van der Waals surface area contributed by atoms with E-state index in [0.717, 1.165) is 67.7 Å². The number of rotatable bonds is 10. The van der Waals surface area contributed by atoms with Crippen LogP contribution in [0.5, 0.6) is 11.5 Å². The zero-order valence-corrected chi connectivity index (χ0v) is 21.1. The van der Waals surface area contributed by atoms with Crippen LogP contribution in [0, 0.1) is 0 Å². The smallest absolute Gasteiger partial charge is 0.191 e. The Morgan fingerprint density at radius 3 is 2.71 bits per heavy atom. The minimum Gasteiger partial charge on any atom is -0.493 e. The zero-order valence-electron chi connectivity index (χ0n) is 18.8. The Morgan fingerprint density at radius 2 is 2.00 bits per heavy atom. The molecule has 2 aromatic rings. The molecule has 1 heterocycles. The van der Waals surface area contributed by atoms with E-state index in [4.69, 9.17) is 14.5 Å². The molecule has 0 amide bonds. The van der Waals surface area contributed by atoms with Gasteiger partial charge in [-0.05, 0) is 50.3 Å². The highest BCUT2D eigenvalue weighted by Crippen LogP contribution is 2.32. The van der Waals surface area contributed by atoms with Gasteiger partial charge in [0.2, 0.25) is 0 Å². The van der Waals surface area contributed by atoms with Gasteiger partial charge in [-0.3, -0.25) is 0 Å². The summed E-state index contributed by atoms with van der Waals surface area (Å²) in [4.78, 5) is 4.71. The van der Waals surface area contributed by atoms with Gasteiger partial charge in [-0.2, -0.15) is 0 Å². The van der Waals surface area contributed by atoms with Crippen molar-refractivity contribution in [2.24, 2.45) is 4.99 Å². The number of methoxy groups -OCH3 is 1. The molecule has 1 fully saturated rings. The SMILES string of the molecule is CCNC(=NCc1ccc(OC2CCCC2)c(OC)c1)NCCn1cnnc1CC.I. The number of aryl methyl sites for hydroxylation is 1. The summed E-state index contributed by atoms with van der Waals surface area (Å²) in [7, 11) is 1.69. The zero-order chi connectivity index (χ0) is 21.2. The Morgan fingerprint density at radius 1 is 1.19 bits per heavy atom. The van der Waals surface area contributed by atoms with E-state index in [1.807, 2.05) is 12.1 Å². The first kappa shape index (κ1) is 25.2. The average Bonchev–Trinajstić information content (AvgIpc) is 3.44. The number of aliphatic imine (C=N–C) groups is 1. The van der Waals surface area contributed by atoms with Gasteiger partial charge in [0.15, 0.2) is 17.5 Å². The normalized spacial score (nSPS) is 14.2. The summed E-state index contributed by atoms with van der Waals surface area (Å²) in [5.74, 6) is 3.37. The second-order valence-electron chi connectivity index (χ2n) is 7.43. The summed E-state index contributed by atoms with van der Waals surface area (Å²) in [6.07, 6.45) is 7.70. The van der Waals surface area contributed by atoms with Crippen molar-refractivity contribution in [3.63, 3.8) is 0 Å². The molecule has 0 unspecified atom stereocenters. The summed E-state index contributed by atoms with van der Waals surface area (Å²) in [6.45, 7) is 7.04. The number of benzene rings is 1. The number of nitrogens with zero attached hydrogens (tertiary/aromatic N) is 4. The van der Waals surface area contributed by atoms with Crippen molar-refractivity contribution in [1.29, 1.82) is 0 Å². The summed E-state index contributed by atoms with van der Waals surface area (Å²) in [5.41, 5.74) is 1.08. The third-order valence-electron chi connectivity index (χ3n) is 5.24. The number of hydrogen-bond donors (Lipinski definition) is 2. The number of ether oxygens (including phenoxy) is 2. The monoisotopic (exact) mass is 542 g/mol. The molecule has 8 nitrogen and oxygen atoms in total. The number of hydrogen-bond acceptors (Lipinski definition) is 5. The van der Waals surface area contributed by atoms with Crippen molar-refractivity contribution in [2.45, 2.75) is 65.1 Å². The molecule has 0 spiro atoms. The van der Waals surface area contributed by atoms with Crippen LogP contribution in [0.1, 0.15) is 50.9 Å². The van der Waals surface area contributed by atoms with Crippen LogP contribution in [-0.2, 0) is 19.5 Å². The molecule has 0 aliphatic heterocycles.